The van der Waals surface area contributed by atoms with Gasteiger partial charge in [-0.15, -0.1) is 0 Å². The van der Waals surface area contributed by atoms with Gasteiger partial charge < -0.3 is 30.3 Å². The van der Waals surface area contributed by atoms with Crippen LogP contribution in [-0.4, -0.2) is 44.3 Å². The van der Waals surface area contributed by atoms with Crippen molar-refractivity contribution in [2.45, 2.75) is 64.1 Å². The Morgan fingerprint density at radius 2 is 1.46 bits per heavy atom. The fourth-order valence-electron chi connectivity index (χ4n) is 5.25. The molecule has 0 aliphatic heterocycles. The van der Waals surface area contributed by atoms with Crippen molar-refractivity contribution >= 4 is 11.6 Å². The maximum absolute atomic E-state index is 14.1. The van der Waals surface area contributed by atoms with Crippen molar-refractivity contribution in [2.24, 2.45) is 0 Å². The third-order valence-corrected chi connectivity index (χ3v) is 6.99. The summed E-state index contributed by atoms with van der Waals surface area (Å²) in [5.41, 5.74) is 4.80. The molecule has 0 spiro atoms. The van der Waals surface area contributed by atoms with Crippen LogP contribution < -0.4 is 10.4 Å². The minimum atomic E-state index is -1.92. The van der Waals surface area contributed by atoms with Gasteiger partial charge in [0.2, 0.25) is 0 Å². The van der Waals surface area contributed by atoms with Crippen LogP contribution in [0.25, 0.3) is 22.4 Å². The van der Waals surface area contributed by atoms with Gasteiger partial charge in [-0.2, -0.15) is 0 Å². The second kappa shape index (κ2) is 13.7. The number of carbonyl (C=O) groups is 1. The summed E-state index contributed by atoms with van der Waals surface area (Å²) in [7, 11) is 0. The Labute approximate surface area is 239 Å². The Balaban J connectivity index is 1.89. The summed E-state index contributed by atoms with van der Waals surface area (Å²) in [5, 5.41) is 44.0. The number of hydrogen-bond acceptors (Lipinski definition) is 5. The SMILES string of the molecule is CC(C)c1c(C(=O)Nc2ccccc2)c(-c2ccccc2)c(-c2ccc(F)cc2)n1CCC(O)CC(O)CC([O-])O. The average molecular weight is 560 g/mol. The largest absolute Gasteiger partial charge is 0.831 e. The van der Waals surface area contributed by atoms with E-state index in [0.717, 1.165) is 11.3 Å². The summed E-state index contributed by atoms with van der Waals surface area (Å²) in [6, 6.07) is 24.8. The van der Waals surface area contributed by atoms with Crippen LogP contribution in [0, 0.1) is 5.82 Å². The van der Waals surface area contributed by atoms with E-state index < -0.39 is 18.5 Å². The number of halogens is 1. The third kappa shape index (κ3) is 7.48. The Bertz CT molecular complexity index is 1420. The van der Waals surface area contributed by atoms with Crippen molar-refractivity contribution in [3.63, 3.8) is 0 Å². The first-order valence-electron chi connectivity index (χ1n) is 13.8. The van der Waals surface area contributed by atoms with Gasteiger partial charge in [-0.3, -0.25) is 4.79 Å². The zero-order valence-corrected chi connectivity index (χ0v) is 23.2. The van der Waals surface area contributed by atoms with Crippen molar-refractivity contribution in [3.8, 4) is 22.4 Å². The molecule has 3 unspecified atom stereocenters. The Kier molecular flexibility index (Phi) is 10.1. The molecule has 1 heterocycles. The molecule has 1 aromatic heterocycles. The van der Waals surface area contributed by atoms with Crippen LogP contribution in [0.5, 0.6) is 0 Å². The van der Waals surface area contributed by atoms with Gasteiger partial charge in [0, 0.05) is 23.5 Å². The highest BCUT2D eigenvalue weighted by Crippen LogP contribution is 2.42. The van der Waals surface area contributed by atoms with Gasteiger partial charge in [0.25, 0.3) is 5.91 Å². The molecule has 0 aliphatic carbocycles. The molecule has 0 saturated carbocycles. The number of aromatic nitrogens is 1. The normalized spacial score (nSPS) is 13.7. The van der Waals surface area contributed by atoms with E-state index in [1.807, 2.05) is 79.1 Å². The molecule has 0 fully saturated rings. The molecule has 3 aromatic carbocycles. The number of anilines is 1. The first-order chi connectivity index (χ1) is 19.7. The molecule has 216 valence electrons. The fraction of sp³-hybridized carbons (Fsp3) is 0.303. The van der Waals surface area contributed by atoms with Crippen LogP contribution in [0.1, 0.15) is 55.1 Å². The summed E-state index contributed by atoms with van der Waals surface area (Å²) in [6.45, 7) is 4.26. The summed E-state index contributed by atoms with van der Waals surface area (Å²) in [4.78, 5) is 14.1. The standard InChI is InChI=1S/C33H36FN2O5/c1-21(2)31-30(33(41)35-25-11-7-4-8-12-25)29(22-9-5-3-6-10-22)32(23-13-15-24(34)16-14-23)36(31)18-17-26(37)19-27(38)20-28(39)40/h3-16,21,26-28,37-39H,17-20H2,1-2H3,(H,35,41)/q-1. The van der Waals surface area contributed by atoms with E-state index >= 15 is 0 Å². The quantitative estimate of drug-likeness (QED) is 0.184. The Hall–Kier alpha value is -3.82. The van der Waals surface area contributed by atoms with E-state index in [9.17, 15) is 24.5 Å². The predicted molar refractivity (Wildman–Crippen MR) is 156 cm³/mol. The van der Waals surface area contributed by atoms with Gasteiger partial charge in [0.1, 0.15) is 5.82 Å². The first kappa shape index (κ1) is 30.1. The number of amides is 1. The van der Waals surface area contributed by atoms with Gasteiger partial charge in [0.05, 0.1) is 23.5 Å². The third-order valence-electron chi connectivity index (χ3n) is 6.99. The molecule has 4 aromatic rings. The minimum Gasteiger partial charge on any atom is -0.831 e. The van der Waals surface area contributed by atoms with E-state index in [1.54, 1.807) is 12.1 Å². The highest BCUT2D eigenvalue weighted by Gasteiger charge is 2.30. The molecule has 41 heavy (non-hydrogen) atoms. The number of nitrogens with one attached hydrogen (secondary N) is 1. The number of para-hydroxylation sites is 1. The van der Waals surface area contributed by atoms with Gasteiger partial charge in [-0.25, -0.2) is 4.39 Å². The molecule has 0 aliphatic rings. The number of carbonyl (C=O) groups excluding carboxylic acids is 1. The van der Waals surface area contributed by atoms with Crippen molar-refractivity contribution in [3.05, 3.63) is 102 Å². The van der Waals surface area contributed by atoms with E-state index in [-0.39, 0.29) is 43.4 Å². The van der Waals surface area contributed by atoms with Gasteiger partial charge in [-0.05, 0) is 79.0 Å². The summed E-state index contributed by atoms with van der Waals surface area (Å²) >= 11 is 0. The van der Waals surface area contributed by atoms with Gasteiger partial charge >= 0.3 is 0 Å². The van der Waals surface area contributed by atoms with Gasteiger partial charge in [0.15, 0.2) is 0 Å². The fourth-order valence-corrected chi connectivity index (χ4v) is 5.25. The maximum Gasteiger partial charge on any atom is 0.258 e. The van der Waals surface area contributed by atoms with Crippen molar-refractivity contribution in [1.29, 1.82) is 0 Å². The van der Waals surface area contributed by atoms with E-state index in [0.29, 0.717) is 28.1 Å². The summed E-state index contributed by atoms with van der Waals surface area (Å²) in [5.74, 6) is -0.785. The van der Waals surface area contributed by atoms with Crippen molar-refractivity contribution < 1.29 is 29.6 Å². The zero-order chi connectivity index (χ0) is 29.5. The lowest BCUT2D eigenvalue weighted by Gasteiger charge is -2.22. The molecular formula is C33H36FN2O5-. The number of aliphatic hydroxyl groups excluding tert-OH is 3. The molecule has 8 heteroatoms. The second-order valence-corrected chi connectivity index (χ2v) is 10.5. The Morgan fingerprint density at radius 3 is 2.05 bits per heavy atom. The molecule has 0 radical (unpaired) electrons. The number of hydrogen-bond donors (Lipinski definition) is 4. The van der Waals surface area contributed by atoms with E-state index in [4.69, 9.17) is 5.11 Å². The van der Waals surface area contributed by atoms with Crippen LogP contribution in [0.3, 0.4) is 0 Å². The van der Waals surface area contributed by atoms with Crippen LogP contribution in [0.15, 0.2) is 84.9 Å². The lowest BCUT2D eigenvalue weighted by molar-refractivity contribution is -0.486. The lowest BCUT2D eigenvalue weighted by Crippen LogP contribution is -2.31. The molecule has 4 rings (SSSR count). The number of aliphatic hydroxyl groups is 3. The van der Waals surface area contributed by atoms with E-state index in [2.05, 4.69) is 5.32 Å². The van der Waals surface area contributed by atoms with E-state index in [1.165, 1.54) is 12.1 Å². The molecule has 0 saturated heterocycles. The number of nitrogens with zero attached hydrogens (tertiary/aromatic N) is 1. The van der Waals surface area contributed by atoms with Crippen molar-refractivity contribution in [1.82, 2.24) is 4.57 Å². The molecule has 0 bridgehead atoms. The molecular weight excluding hydrogens is 523 g/mol. The monoisotopic (exact) mass is 559 g/mol. The number of rotatable bonds is 12. The smallest absolute Gasteiger partial charge is 0.258 e. The van der Waals surface area contributed by atoms with Gasteiger partial charge in [-0.1, -0.05) is 62.4 Å². The minimum absolute atomic E-state index is 0.0731. The molecule has 4 N–H and O–H groups in total. The first-order valence-corrected chi connectivity index (χ1v) is 13.8. The Morgan fingerprint density at radius 1 is 0.854 bits per heavy atom. The topological polar surface area (TPSA) is 118 Å². The van der Waals surface area contributed by atoms with Crippen LogP contribution in [-0.2, 0) is 6.54 Å². The van der Waals surface area contributed by atoms with Crippen LogP contribution in [0.4, 0.5) is 10.1 Å². The summed E-state index contributed by atoms with van der Waals surface area (Å²) in [6.07, 6.45) is -4.26. The van der Waals surface area contributed by atoms with Crippen molar-refractivity contribution in [2.75, 3.05) is 5.32 Å². The zero-order valence-electron chi connectivity index (χ0n) is 23.2. The molecule has 3 atom stereocenters. The summed E-state index contributed by atoms with van der Waals surface area (Å²) < 4.78 is 16.0. The molecule has 1 amide bonds. The maximum atomic E-state index is 14.1. The second-order valence-electron chi connectivity index (χ2n) is 10.5. The average Bonchev–Trinajstić information content (AvgIpc) is 3.28. The highest BCUT2D eigenvalue weighted by molar-refractivity contribution is 6.12. The van der Waals surface area contributed by atoms with Crippen LogP contribution in [0.2, 0.25) is 0 Å². The highest BCUT2D eigenvalue weighted by atomic mass is 19.1. The lowest BCUT2D eigenvalue weighted by atomic mass is 9.94. The predicted octanol–water partition coefficient (Wildman–Crippen LogP) is 4.91. The molecule has 7 nitrogen and oxygen atoms in total. The van der Waals surface area contributed by atoms with Crippen LogP contribution >= 0.6 is 0 Å². The number of benzene rings is 3.